The van der Waals surface area contributed by atoms with E-state index >= 15 is 0 Å². The fourth-order valence-electron chi connectivity index (χ4n) is 0. The summed E-state index contributed by atoms with van der Waals surface area (Å²) in [5.41, 5.74) is 0. The van der Waals surface area contributed by atoms with Gasteiger partial charge < -0.3 is 0 Å². The summed E-state index contributed by atoms with van der Waals surface area (Å²) < 4.78 is 48.0. The molecule has 0 unspecified atom stereocenters. The van der Waals surface area contributed by atoms with Crippen LogP contribution in [-0.2, 0) is 15.1 Å². The molecule has 0 spiro atoms. The summed E-state index contributed by atoms with van der Waals surface area (Å²) in [5, 5.41) is 0. The van der Waals surface area contributed by atoms with E-state index in [1.54, 1.807) is 0 Å². The summed E-state index contributed by atoms with van der Waals surface area (Å²) >= 11 is -2.00. The van der Waals surface area contributed by atoms with E-state index in [2.05, 4.69) is 0 Å². The fourth-order valence-corrected chi connectivity index (χ4v) is 0. The number of rotatable bonds is 0. The van der Waals surface area contributed by atoms with Crippen molar-refractivity contribution in [1.82, 2.24) is 0 Å². The third-order valence-electron chi connectivity index (χ3n) is 0. The molecule has 0 aliphatic carbocycles. The van der Waals surface area contributed by atoms with Crippen molar-refractivity contribution in [2.24, 2.45) is 0 Å². The molecule has 0 aromatic rings. The topological polar surface area (TPSA) is 109 Å². The van der Waals surface area contributed by atoms with Crippen molar-refractivity contribution in [3.05, 3.63) is 0 Å². The molecular formula is H2Ge4O6. The van der Waals surface area contributed by atoms with E-state index in [9.17, 15) is 0 Å². The second-order valence-electron chi connectivity index (χ2n) is 0.183. The van der Waals surface area contributed by atoms with Gasteiger partial charge in [0.25, 0.3) is 0 Å². The van der Waals surface area contributed by atoms with E-state index in [0.717, 1.165) is 32.9 Å². The Morgan fingerprint density at radius 1 is 0.800 bits per heavy atom. The minimum atomic E-state index is -1.75. The van der Waals surface area contributed by atoms with Gasteiger partial charge in [0.05, 0.1) is 0 Å². The molecule has 0 bridgehead atoms. The first-order valence-corrected chi connectivity index (χ1v) is 6.57. The molecule has 0 aliphatic rings. The average molecular weight is 388 g/mol. The van der Waals surface area contributed by atoms with E-state index in [1.165, 1.54) is 0 Å². The second kappa shape index (κ2) is 90.9. The predicted octanol–water partition coefficient (Wildman–Crippen LogP) is -3.11. The Morgan fingerprint density at radius 3 is 0.800 bits per heavy atom. The number of hydrogen-bond acceptors (Lipinski definition) is 4. The summed E-state index contributed by atoms with van der Waals surface area (Å²) in [6.45, 7) is 0. The summed E-state index contributed by atoms with van der Waals surface area (Å²) in [4.78, 5) is 0. The van der Waals surface area contributed by atoms with Gasteiger partial charge in [-0.3, -0.25) is 0 Å². The Balaban J connectivity index is -0.0000000246. The van der Waals surface area contributed by atoms with Gasteiger partial charge in [-0.25, -0.2) is 0 Å². The van der Waals surface area contributed by atoms with Crippen molar-refractivity contribution in [1.29, 1.82) is 0 Å². The van der Waals surface area contributed by atoms with Gasteiger partial charge in [-0.15, -0.1) is 0 Å². The van der Waals surface area contributed by atoms with Crippen LogP contribution in [0.5, 0.6) is 0 Å². The zero-order chi connectivity index (χ0) is 9.41. The second-order valence-corrected chi connectivity index (χ2v) is 0.949. The van der Waals surface area contributed by atoms with E-state index in [1.807, 2.05) is 0 Å². The first kappa shape index (κ1) is 22.4. The molecule has 0 atom stereocenters. The molecule has 0 aliphatic heterocycles. The van der Waals surface area contributed by atoms with Crippen LogP contribution >= 0.6 is 0 Å². The first-order chi connectivity index (χ1) is 4.83. The van der Waals surface area contributed by atoms with Gasteiger partial charge in [0.1, 0.15) is 0 Å². The van der Waals surface area contributed by atoms with Crippen molar-refractivity contribution in [3.8, 4) is 0 Å². The Hall–Kier alpha value is 0.971. The van der Waals surface area contributed by atoms with Crippen LogP contribution in [0.2, 0.25) is 0 Å². The van der Waals surface area contributed by atoms with Crippen molar-refractivity contribution in [2.75, 3.05) is 0 Å². The summed E-state index contributed by atoms with van der Waals surface area (Å²) in [6.07, 6.45) is 0. The van der Waals surface area contributed by atoms with Crippen molar-refractivity contribution < 1.29 is 23.4 Å². The molecule has 0 amide bonds. The van der Waals surface area contributed by atoms with Crippen LogP contribution in [0.3, 0.4) is 0 Å². The SMILES string of the molecule is [O]=[Ge].[O]=[Ge].[O]=[Ge][OH].[O]=[Ge][OH]. The van der Waals surface area contributed by atoms with E-state index in [4.69, 9.17) is 23.4 Å². The van der Waals surface area contributed by atoms with E-state index < -0.39 is 31.4 Å². The van der Waals surface area contributed by atoms with Gasteiger partial charge in [0, 0.05) is 0 Å². The minimum absolute atomic E-state index is 0.750. The van der Waals surface area contributed by atoms with Gasteiger partial charge in [-0.2, -0.15) is 0 Å². The molecule has 10 heteroatoms. The third kappa shape index (κ3) is 604. The molecule has 0 saturated carbocycles. The fraction of sp³-hybridized carbons (Fsp3) is 0. The number of hydrogen-bond donors (Lipinski definition) is 2. The van der Waals surface area contributed by atoms with Crippen LogP contribution in [0, 0.1) is 0 Å². The molecule has 0 fully saturated rings. The van der Waals surface area contributed by atoms with Crippen LogP contribution in [0.1, 0.15) is 0 Å². The predicted molar refractivity (Wildman–Crippen MR) is 30.2 cm³/mol. The van der Waals surface area contributed by atoms with E-state index in [-0.39, 0.29) is 0 Å². The summed E-state index contributed by atoms with van der Waals surface area (Å²) in [6, 6.07) is 0. The maximum absolute atomic E-state index is 8.61. The van der Waals surface area contributed by atoms with Crippen LogP contribution in [0.15, 0.2) is 0 Å². The van der Waals surface area contributed by atoms with Crippen molar-refractivity contribution >= 4 is 64.3 Å². The Morgan fingerprint density at radius 2 is 0.800 bits per heavy atom. The molecule has 0 aromatic carbocycles. The van der Waals surface area contributed by atoms with Gasteiger partial charge >= 0.3 is 87.7 Å². The maximum atomic E-state index is 8.61. The summed E-state index contributed by atoms with van der Waals surface area (Å²) in [5.74, 6) is 0. The molecule has 6 nitrogen and oxygen atoms in total. The quantitative estimate of drug-likeness (QED) is 0.425. The van der Waals surface area contributed by atoms with Crippen molar-refractivity contribution in [3.63, 3.8) is 0 Å². The molecule has 10 heavy (non-hydrogen) atoms. The molecule has 6 radical (unpaired) electrons. The molecule has 2 N–H and O–H groups in total. The van der Waals surface area contributed by atoms with E-state index in [0.29, 0.717) is 0 Å². The molecular weight excluding hydrogens is 386 g/mol. The molecule has 54 valence electrons. The van der Waals surface area contributed by atoms with Crippen LogP contribution in [0.25, 0.3) is 0 Å². The first-order valence-electron chi connectivity index (χ1n) is 1.26. The Labute approximate surface area is 87.1 Å². The third-order valence-corrected chi connectivity index (χ3v) is 0. The molecule has 0 saturated heterocycles. The average Bonchev–Trinajstić information content (AvgIpc) is 1.99. The molecule has 0 rings (SSSR count). The Bertz CT molecular complexity index is 45.7. The van der Waals surface area contributed by atoms with Gasteiger partial charge in [-0.05, 0) is 0 Å². The van der Waals surface area contributed by atoms with Gasteiger partial charge in [0.2, 0.25) is 0 Å². The molecule has 0 aromatic heterocycles. The molecule has 0 heterocycles. The van der Waals surface area contributed by atoms with Gasteiger partial charge in [-0.1, -0.05) is 0 Å². The van der Waals surface area contributed by atoms with Gasteiger partial charge in [0.15, 0.2) is 0 Å². The zero-order valence-electron chi connectivity index (χ0n) is 4.53. The Kier molecular flexibility index (Phi) is 204. The van der Waals surface area contributed by atoms with Crippen molar-refractivity contribution in [2.45, 2.75) is 0 Å². The summed E-state index contributed by atoms with van der Waals surface area (Å²) in [7, 11) is 0. The van der Waals surface area contributed by atoms with Crippen LogP contribution in [0.4, 0.5) is 0 Å². The van der Waals surface area contributed by atoms with Crippen LogP contribution in [-0.4, -0.2) is 72.6 Å². The zero-order valence-corrected chi connectivity index (χ0v) is 12.9. The normalized spacial score (nSPS) is 3.20. The monoisotopic (exact) mass is 394 g/mol. The van der Waals surface area contributed by atoms with Crippen LogP contribution < -0.4 is 0 Å². The standard InChI is InChI=1S/2GeHO2.2GeO/c2*2-1-3;2*1-2/h2*2H;;.